The van der Waals surface area contributed by atoms with Gasteiger partial charge in [-0.2, -0.15) is 0 Å². The van der Waals surface area contributed by atoms with E-state index in [2.05, 4.69) is 17.4 Å². The van der Waals surface area contributed by atoms with E-state index in [-0.39, 0.29) is 23.8 Å². The number of benzene rings is 2. The molecule has 3 atom stereocenters. The van der Waals surface area contributed by atoms with Crippen LogP contribution in [0.5, 0.6) is 5.75 Å². The standard InChI is InChI=1S/C29H33NO4/c1-5-18(3)34-29(32)26-19(4)30-24-16-22(20-10-8-7-9-11-20)17-25(31)28(24)27(26)21-12-14-23(15-13-21)33-6-2/h7-15,18,22,27,30H,5-6,16-17H2,1-4H3/t18-,22+,27+/m1/s1. The molecule has 0 saturated heterocycles. The quantitative estimate of drug-likeness (QED) is 0.531. The number of Topliss-reactive ketones (excluding diaryl/α,β-unsaturated/α-hetero) is 1. The maximum Gasteiger partial charge on any atom is 0.337 e. The van der Waals surface area contributed by atoms with Crippen molar-refractivity contribution in [1.82, 2.24) is 5.32 Å². The molecule has 0 saturated carbocycles. The Balaban J connectivity index is 1.76. The zero-order valence-corrected chi connectivity index (χ0v) is 20.4. The van der Waals surface area contributed by atoms with Crippen molar-refractivity contribution in [2.45, 2.75) is 64.9 Å². The van der Waals surface area contributed by atoms with Gasteiger partial charge in [-0.25, -0.2) is 4.79 Å². The van der Waals surface area contributed by atoms with E-state index in [1.807, 2.05) is 70.2 Å². The van der Waals surface area contributed by atoms with Crippen molar-refractivity contribution in [2.24, 2.45) is 0 Å². The average Bonchev–Trinajstić information content (AvgIpc) is 2.84. The molecular weight excluding hydrogens is 426 g/mol. The van der Waals surface area contributed by atoms with Crippen molar-refractivity contribution < 1.29 is 19.1 Å². The van der Waals surface area contributed by atoms with Gasteiger partial charge in [-0.05, 0) is 62.8 Å². The number of hydrogen-bond acceptors (Lipinski definition) is 5. The van der Waals surface area contributed by atoms with Crippen molar-refractivity contribution in [2.75, 3.05) is 6.61 Å². The van der Waals surface area contributed by atoms with Crippen LogP contribution in [0.2, 0.25) is 0 Å². The van der Waals surface area contributed by atoms with Gasteiger partial charge < -0.3 is 14.8 Å². The minimum Gasteiger partial charge on any atom is -0.494 e. The number of nitrogens with one attached hydrogen (secondary N) is 1. The lowest BCUT2D eigenvalue weighted by Gasteiger charge is -2.37. The third-order valence-electron chi connectivity index (χ3n) is 6.73. The predicted molar refractivity (Wildman–Crippen MR) is 132 cm³/mol. The molecule has 1 aliphatic carbocycles. The average molecular weight is 460 g/mol. The first-order chi connectivity index (χ1) is 16.4. The summed E-state index contributed by atoms with van der Waals surface area (Å²) in [5.41, 5.74) is 4.88. The molecule has 0 fully saturated rings. The third kappa shape index (κ3) is 4.79. The van der Waals surface area contributed by atoms with Gasteiger partial charge in [-0.3, -0.25) is 4.79 Å². The summed E-state index contributed by atoms with van der Waals surface area (Å²) in [6.45, 7) is 8.28. The highest BCUT2D eigenvalue weighted by Gasteiger charge is 2.41. The third-order valence-corrected chi connectivity index (χ3v) is 6.73. The van der Waals surface area contributed by atoms with E-state index in [1.54, 1.807) is 0 Å². The number of carbonyl (C=O) groups excluding carboxylic acids is 2. The zero-order chi connectivity index (χ0) is 24.2. The van der Waals surface area contributed by atoms with Crippen molar-refractivity contribution in [3.05, 3.63) is 88.3 Å². The Morgan fingerprint density at radius 1 is 1.03 bits per heavy atom. The first kappa shape index (κ1) is 23.8. The van der Waals surface area contributed by atoms with Gasteiger partial charge >= 0.3 is 5.97 Å². The number of ketones is 1. The Kier molecular flexibility index (Phi) is 7.20. The Morgan fingerprint density at radius 2 is 1.74 bits per heavy atom. The van der Waals surface area contributed by atoms with Gasteiger partial charge in [0.2, 0.25) is 0 Å². The van der Waals surface area contributed by atoms with Crippen LogP contribution in [0.4, 0.5) is 0 Å². The molecule has 1 N–H and O–H groups in total. The molecule has 0 bridgehead atoms. The minimum atomic E-state index is -0.465. The van der Waals surface area contributed by atoms with Gasteiger partial charge in [-0.15, -0.1) is 0 Å². The lowest BCUT2D eigenvalue weighted by Crippen LogP contribution is -2.36. The van der Waals surface area contributed by atoms with Gasteiger partial charge in [0, 0.05) is 29.3 Å². The van der Waals surface area contributed by atoms with Crippen LogP contribution >= 0.6 is 0 Å². The van der Waals surface area contributed by atoms with E-state index in [4.69, 9.17) is 9.47 Å². The Hall–Kier alpha value is -3.34. The zero-order valence-electron chi connectivity index (χ0n) is 20.4. The van der Waals surface area contributed by atoms with Crippen molar-refractivity contribution in [3.63, 3.8) is 0 Å². The molecule has 0 unspecified atom stereocenters. The summed E-state index contributed by atoms with van der Waals surface area (Å²) in [7, 11) is 0. The number of carbonyl (C=O) groups is 2. The van der Waals surface area contributed by atoms with Crippen LogP contribution in [0.3, 0.4) is 0 Å². The number of esters is 1. The van der Waals surface area contributed by atoms with Crippen molar-refractivity contribution >= 4 is 11.8 Å². The highest BCUT2D eigenvalue weighted by atomic mass is 16.5. The van der Waals surface area contributed by atoms with Gasteiger partial charge in [-0.1, -0.05) is 49.4 Å². The molecule has 34 heavy (non-hydrogen) atoms. The normalized spacial score (nSPS) is 21.0. The Morgan fingerprint density at radius 3 is 2.38 bits per heavy atom. The highest BCUT2D eigenvalue weighted by molar-refractivity contribution is 6.04. The molecule has 0 aromatic heterocycles. The molecular formula is C29H33NO4. The monoisotopic (exact) mass is 459 g/mol. The molecule has 2 aromatic carbocycles. The first-order valence-electron chi connectivity index (χ1n) is 12.2. The van der Waals surface area contributed by atoms with E-state index >= 15 is 0 Å². The fourth-order valence-electron chi connectivity index (χ4n) is 4.86. The van der Waals surface area contributed by atoms with Gasteiger partial charge in [0.1, 0.15) is 5.75 Å². The highest BCUT2D eigenvalue weighted by Crippen LogP contribution is 2.46. The number of allylic oxidation sites excluding steroid dienone is 3. The molecule has 2 aliphatic rings. The largest absolute Gasteiger partial charge is 0.494 e. The predicted octanol–water partition coefficient (Wildman–Crippen LogP) is 5.79. The molecule has 1 aliphatic heterocycles. The maximum absolute atomic E-state index is 13.6. The molecule has 0 spiro atoms. The van der Waals surface area contributed by atoms with Crippen LogP contribution in [0.1, 0.15) is 69.9 Å². The molecule has 5 heteroatoms. The second-order valence-electron chi connectivity index (χ2n) is 9.05. The van der Waals surface area contributed by atoms with Gasteiger partial charge in [0.15, 0.2) is 5.78 Å². The summed E-state index contributed by atoms with van der Waals surface area (Å²) in [6.07, 6.45) is 1.67. The number of dihydropyridines is 1. The Labute approximate surface area is 201 Å². The van der Waals surface area contributed by atoms with Crippen LogP contribution in [0, 0.1) is 0 Å². The van der Waals surface area contributed by atoms with E-state index in [0.29, 0.717) is 24.2 Å². The topological polar surface area (TPSA) is 64.6 Å². The van der Waals surface area contributed by atoms with Crippen LogP contribution in [-0.4, -0.2) is 24.5 Å². The summed E-state index contributed by atoms with van der Waals surface area (Å²) in [5.74, 6) is 0.110. The molecule has 1 heterocycles. The molecule has 0 amide bonds. The van der Waals surface area contributed by atoms with Gasteiger partial charge in [0.05, 0.1) is 18.3 Å². The summed E-state index contributed by atoms with van der Waals surface area (Å²) >= 11 is 0. The van der Waals surface area contributed by atoms with Crippen LogP contribution in [0.25, 0.3) is 0 Å². The fraction of sp³-hybridized carbons (Fsp3) is 0.379. The second kappa shape index (κ2) is 10.3. The van der Waals surface area contributed by atoms with E-state index in [9.17, 15) is 9.59 Å². The first-order valence-corrected chi connectivity index (χ1v) is 12.2. The summed E-state index contributed by atoms with van der Waals surface area (Å²) in [5, 5.41) is 3.42. The number of ether oxygens (including phenoxy) is 2. The smallest absolute Gasteiger partial charge is 0.337 e. The molecule has 178 valence electrons. The Bertz CT molecular complexity index is 1110. The van der Waals surface area contributed by atoms with Gasteiger partial charge in [0.25, 0.3) is 0 Å². The summed E-state index contributed by atoms with van der Waals surface area (Å²) < 4.78 is 11.3. The lowest BCUT2D eigenvalue weighted by molar-refractivity contribution is -0.144. The lowest BCUT2D eigenvalue weighted by atomic mass is 9.71. The van der Waals surface area contributed by atoms with Crippen molar-refractivity contribution in [3.8, 4) is 5.75 Å². The molecule has 5 nitrogen and oxygen atoms in total. The maximum atomic E-state index is 13.6. The van der Waals surface area contributed by atoms with Crippen molar-refractivity contribution in [1.29, 1.82) is 0 Å². The minimum absolute atomic E-state index is 0.0721. The van der Waals surface area contributed by atoms with E-state index < -0.39 is 5.92 Å². The summed E-state index contributed by atoms with van der Waals surface area (Å²) in [6, 6.07) is 17.9. The van der Waals surface area contributed by atoms with Crippen LogP contribution < -0.4 is 10.1 Å². The fourth-order valence-corrected chi connectivity index (χ4v) is 4.86. The van der Waals surface area contributed by atoms with E-state index in [0.717, 1.165) is 41.1 Å². The SMILES string of the molecule is CCOc1ccc([C@H]2C(C(=O)O[C@H](C)CC)=C(C)NC3=C2C(=O)C[C@@H](c2ccccc2)C3)cc1. The van der Waals surface area contributed by atoms with Crippen LogP contribution in [0.15, 0.2) is 77.1 Å². The number of rotatable bonds is 7. The van der Waals surface area contributed by atoms with E-state index in [1.165, 1.54) is 0 Å². The van der Waals surface area contributed by atoms with Crippen LogP contribution in [-0.2, 0) is 14.3 Å². The number of hydrogen-bond donors (Lipinski definition) is 1. The summed E-state index contributed by atoms with van der Waals surface area (Å²) in [4.78, 5) is 26.9. The molecule has 4 rings (SSSR count). The second-order valence-corrected chi connectivity index (χ2v) is 9.05. The molecule has 0 radical (unpaired) electrons. The molecule has 2 aromatic rings.